The maximum absolute atomic E-state index is 14.6. The van der Waals surface area contributed by atoms with Gasteiger partial charge in [-0.1, -0.05) is 67.6 Å². The van der Waals surface area contributed by atoms with Crippen molar-refractivity contribution in [1.29, 1.82) is 0 Å². The van der Waals surface area contributed by atoms with Crippen LogP contribution in [0.1, 0.15) is 231 Å². The van der Waals surface area contributed by atoms with Gasteiger partial charge in [0.25, 0.3) is 0 Å². The van der Waals surface area contributed by atoms with Crippen molar-refractivity contribution in [3.05, 3.63) is 328 Å². The summed E-state index contributed by atoms with van der Waals surface area (Å²) < 4.78 is 234. The SMILES string of the molecule is C.CC1=CC(C2CC(=O)OC2=O)CC2C(=O)OC(=O)C12.O=C(c1ccc2c(c1)C(=O)OC2=O)c1ccc2c(c1)C(=O)OC2=O.O=C1OC(=O)c2cc(C(c3ccc4c(c3)C(=O)OC4=O)(C(F)(F)F)C(F)(F)F)ccc21.O=C1OC(=O)c2cc(Oc3ccc(C(c4ccc(Oc5ccc6c(c5)C(=O)OC6=O)cc4)(C(F)(F)F)C(F)(F)F)cc3)ccc21.O=C1OC(=O)c2cc(Oc3ccc4c(c3)C(=O)OC4=O)ccc21. The first-order valence-electron chi connectivity index (χ1n) is 40.4. The molecular weight excluding hydrogens is 1940 g/mol. The van der Waals surface area contributed by atoms with Crippen molar-refractivity contribution in [2.24, 2.45) is 23.7 Å². The lowest BCUT2D eigenvalue weighted by molar-refractivity contribution is -0.290. The fraction of sp³-hybridized carbons (Fsp3) is 0.144. The molecular formula is C97H48F12O34. The van der Waals surface area contributed by atoms with Crippen LogP contribution in [-0.4, -0.2) is 150 Å². The number of fused-ring (bicyclic) bond motifs is 9. The second-order valence-electron chi connectivity index (χ2n) is 31.7. The molecule has 1 aliphatic carbocycles. The van der Waals surface area contributed by atoms with Crippen molar-refractivity contribution in [3.63, 3.8) is 0 Å². The van der Waals surface area contributed by atoms with E-state index in [1.54, 1.807) is 13.0 Å². The predicted octanol–water partition coefficient (Wildman–Crippen LogP) is 15.7. The van der Waals surface area contributed by atoms with Gasteiger partial charge < -0.3 is 61.6 Å². The van der Waals surface area contributed by atoms with Gasteiger partial charge in [-0.15, -0.1) is 0 Å². The van der Waals surface area contributed by atoms with E-state index in [-0.39, 0.29) is 144 Å². The number of hydrogen-bond acceptors (Lipinski definition) is 34. The van der Waals surface area contributed by atoms with Crippen LogP contribution >= 0.6 is 0 Å². The topological polar surface area (TPSA) is 478 Å². The third kappa shape index (κ3) is 17.2. The number of alkyl halides is 12. The molecule has 0 spiro atoms. The van der Waals surface area contributed by atoms with Gasteiger partial charge in [0.05, 0.1) is 113 Å². The van der Waals surface area contributed by atoms with Crippen molar-refractivity contribution >= 4 is 125 Å². The van der Waals surface area contributed by atoms with Gasteiger partial charge in [-0.2, -0.15) is 52.7 Å². The van der Waals surface area contributed by atoms with E-state index in [4.69, 9.17) is 14.2 Å². The largest absolute Gasteiger partial charge is 0.457 e. The Labute approximate surface area is 786 Å². The molecule has 34 nitrogen and oxygen atoms in total. The van der Waals surface area contributed by atoms with Crippen LogP contribution in [0.5, 0.6) is 34.5 Å². The van der Waals surface area contributed by atoms with Gasteiger partial charge in [0.1, 0.15) is 34.5 Å². The summed E-state index contributed by atoms with van der Waals surface area (Å²) in [7, 11) is 0. The fourth-order valence-electron chi connectivity index (χ4n) is 16.9. The summed E-state index contributed by atoms with van der Waals surface area (Å²) in [5.74, 6) is -19.1. The van der Waals surface area contributed by atoms with Crippen LogP contribution in [0.3, 0.4) is 0 Å². The fourth-order valence-corrected chi connectivity index (χ4v) is 16.9. The Balaban J connectivity index is 0.000000133. The van der Waals surface area contributed by atoms with Gasteiger partial charge >= 0.3 is 144 Å². The molecule has 724 valence electrons. The Bertz CT molecular complexity index is 7140. The van der Waals surface area contributed by atoms with Crippen molar-refractivity contribution in [1.82, 2.24) is 0 Å². The van der Waals surface area contributed by atoms with Crippen LogP contribution < -0.4 is 14.2 Å². The van der Waals surface area contributed by atoms with E-state index in [1.807, 2.05) is 0 Å². The van der Waals surface area contributed by atoms with Crippen molar-refractivity contribution in [2.45, 2.75) is 62.7 Å². The Kier molecular flexibility index (Phi) is 24.5. The van der Waals surface area contributed by atoms with E-state index in [1.165, 1.54) is 97.1 Å². The highest BCUT2D eigenvalue weighted by atomic mass is 19.4. The molecule has 4 unspecified atom stereocenters. The second-order valence-corrected chi connectivity index (χ2v) is 31.7. The second kappa shape index (κ2) is 35.8. The number of esters is 20. The molecule has 2 saturated heterocycles. The van der Waals surface area contributed by atoms with E-state index in [2.05, 4.69) is 47.4 Å². The molecule has 10 aromatic rings. The molecule has 0 radical (unpaired) electrons. The van der Waals surface area contributed by atoms with Crippen molar-refractivity contribution in [3.8, 4) is 34.5 Å². The number of hydrogen-bond donors (Lipinski definition) is 0. The van der Waals surface area contributed by atoms with Crippen molar-refractivity contribution < 1.29 is 215 Å². The van der Waals surface area contributed by atoms with E-state index < -0.39 is 223 Å². The summed E-state index contributed by atoms with van der Waals surface area (Å²) in [6, 6.07) is 32.6. The Morgan fingerprint density at radius 3 is 0.769 bits per heavy atom. The zero-order valence-corrected chi connectivity index (χ0v) is 70.2. The lowest BCUT2D eigenvalue weighted by Crippen LogP contribution is -2.55. The smallest absolute Gasteiger partial charge is 0.411 e. The van der Waals surface area contributed by atoms with Crippen LogP contribution in [0, 0.1) is 23.7 Å². The molecule has 0 amide bonds. The van der Waals surface area contributed by atoms with Gasteiger partial charge in [-0.3, -0.25) is 24.0 Å². The molecule has 0 aromatic heterocycles. The minimum absolute atomic E-state index is 0. The monoisotopic (exact) mass is 1980 g/mol. The molecule has 21 rings (SSSR count). The lowest BCUT2D eigenvalue weighted by atomic mass is 9.71. The minimum atomic E-state index is -6.02. The molecule has 4 atom stereocenters. The summed E-state index contributed by atoms with van der Waals surface area (Å²) in [5, 5.41) is 0. The predicted molar refractivity (Wildman–Crippen MR) is 438 cm³/mol. The molecule has 2 fully saturated rings. The Morgan fingerprint density at radius 1 is 0.259 bits per heavy atom. The third-order valence-electron chi connectivity index (χ3n) is 23.5. The van der Waals surface area contributed by atoms with Crippen LogP contribution in [-0.2, 0) is 77.4 Å². The quantitative estimate of drug-likeness (QED) is 0.0258. The highest BCUT2D eigenvalue weighted by molar-refractivity contribution is 6.22. The number of carbonyl (C=O) groups excluding carboxylic acids is 21. The number of allylic oxidation sites excluding steroid dienone is 1. The van der Waals surface area contributed by atoms with Crippen LogP contribution in [0.2, 0.25) is 0 Å². The molecule has 46 heteroatoms. The average molecular weight is 1990 g/mol. The molecule has 10 aromatic carbocycles. The number of halogens is 12. The normalized spacial score (nSPS) is 18.1. The van der Waals surface area contributed by atoms with Gasteiger partial charge in [-0.25, -0.2) is 76.7 Å². The van der Waals surface area contributed by atoms with Gasteiger partial charge in [0, 0.05) is 11.1 Å². The first-order chi connectivity index (χ1) is 66.9. The number of rotatable bonds is 13. The Hall–Kier alpha value is -18.4. The molecule has 10 heterocycles. The van der Waals surface area contributed by atoms with Crippen LogP contribution in [0.4, 0.5) is 52.7 Å². The summed E-state index contributed by atoms with van der Waals surface area (Å²) in [5.41, 5.74) is -15.3. The number of benzene rings is 10. The number of ether oxygens (including phenoxy) is 13. The molecule has 10 aliphatic heterocycles. The maximum Gasteiger partial charge on any atom is 0.411 e. The first kappa shape index (κ1) is 97.6. The minimum Gasteiger partial charge on any atom is -0.457 e. The van der Waals surface area contributed by atoms with Crippen LogP contribution in [0.15, 0.2) is 206 Å². The molecule has 0 bridgehead atoms. The van der Waals surface area contributed by atoms with Crippen molar-refractivity contribution in [2.75, 3.05) is 0 Å². The molecule has 0 saturated carbocycles. The first-order valence-corrected chi connectivity index (χ1v) is 40.4. The highest BCUT2D eigenvalue weighted by Crippen LogP contribution is 2.59. The average Bonchev–Trinajstić information content (AvgIpc) is 1.69. The lowest BCUT2D eigenvalue weighted by Gasteiger charge is -2.38. The molecule has 0 N–H and O–H groups in total. The zero-order valence-electron chi connectivity index (χ0n) is 70.2. The molecule has 11 aliphatic rings. The van der Waals surface area contributed by atoms with Gasteiger partial charge in [0.15, 0.2) is 5.78 Å². The van der Waals surface area contributed by atoms with E-state index in [0.717, 1.165) is 42.0 Å². The van der Waals surface area contributed by atoms with Crippen LogP contribution in [0.25, 0.3) is 0 Å². The number of cyclic esters (lactones) is 20. The zero-order chi connectivity index (χ0) is 102. The highest BCUT2D eigenvalue weighted by Gasteiger charge is 2.74. The summed E-state index contributed by atoms with van der Waals surface area (Å²) in [6.45, 7) is 1.74. The summed E-state index contributed by atoms with van der Waals surface area (Å²) in [6.07, 6.45) is -21.6. The summed E-state index contributed by atoms with van der Waals surface area (Å²) >= 11 is 0. The number of carbonyl (C=O) groups is 21. The Morgan fingerprint density at radius 2 is 0.490 bits per heavy atom. The maximum atomic E-state index is 14.6. The van der Waals surface area contributed by atoms with Gasteiger partial charge in [0.2, 0.25) is 10.8 Å². The van der Waals surface area contributed by atoms with E-state index >= 15 is 0 Å². The number of ketones is 1. The standard InChI is InChI=1S/C31H14F6O8.C19H6F6O6.C17H6O7.C16H6O7.C13H12O6.CH4/c32-30(33,34)29(31(35,36)37,15-1-5-17(6-2-15)42-19-9-11-21-23(13-19)27(40)44-25(21)38)16-3-7-18(8-4-16)43-20-10-12-22-24(14-20)28(41)45-26(22)39;20-18(21,22)17(19(23,24)25,7-1-3-9-11(5-7)15(28)30-13(9)26)8-2-4-10-12(6-8)16(29)31-14(10)27;18-13(7-1-3-9-11(5-7)16(21)23-14(9)19)8-2-4-10-12(6-8)17(22)24-15(10)20;17-13-9-3-1-7(5-11(9)15(19)22-13)21-8-2-4-10-12(6-8)16(20)23-14(10)18;1-5-2-6(7-4-9(14)18-11(7)15)3-8-10(5)13(17)19-12(8)16;/h1-14H;1-6H;1-6H;1-6H;2,6-8,10H,3-4H2,1H3;1H4. The van der Waals surface area contributed by atoms with Gasteiger partial charge in [-0.05, 0) is 187 Å². The van der Waals surface area contributed by atoms with E-state index in [0.29, 0.717) is 55.0 Å². The van der Waals surface area contributed by atoms with E-state index in [9.17, 15) is 153 Å². The summed E-state index contributed by atoms with van der Waals surface area (Å²) in [4.78, 5) is 243. The molecule has 143 heavy (non-hydrogen) atoms. The third-order valence-corrected chi connectivity index (χ3v) is 23.5.